The Bertz CT molecular complexity index is 531. The zero-order chi connectivity index (χ0) is 11.7. The lowest BCUT2D eigenvalue weighted by Crippen LogP contribution is -2.16. The first-order valence-corrected chi connectivity index (χ1v) is 6.20. The van der Waals surface area contributed by atoms with E-state index in [-0.39, 0.29) is 0 Å². The molecule has 0 saturated carbocycles. The molecule has 2 aromatic rings. The molecule has 17 heavy (non-hydrogen) atoms. The molecule has 1 aliphatic rings. The number of rotatable bonds is 2. The molecule has 3 rings (SSSR count). The van der Waals surface area contributed by atoms with E-state index in [2.05, 4.69) is 22.7 Å². The van der Waals surface area contributed by atoms with Crippen LogP contribution in [0.2, 0.25) is 0 Å². The van der Waals surface area contributed by atoms with E-state index in [1.165, 1.54) is 11.3 Å². The van der Waals surface area contributed by atoms with Crippen LogP contribution in [0.3, 0.4) is 0 Å². The summed E-state index contributed by atoms with van der Waals surface area (Å²) >= 11 is 0. The molecule has 5 nitrogen and oxygen atoms in total. The fourth-order valence-electron chi connectivity index (χ4n) is 2.39. The smallest absolute Gasteiger partial charge is 0.157 e. The van der Waals surface area contributed by atoms with Gasteiger partial charge in [0.25, 0.3) is 0 Å². The van der Waals surface area contributed by atoms with Crippen LogP contribution < -0.4 is 10.6 Å². The number of aromatic nitrogens is 3. The normalized spacial score (nSPS) is 15.6. The fraction of sp³-hybridized carbons (Fsp3) is 0.500. The van der Waals surface area contributed by atoms with E-state index in [1.54, 1.807) is 6.20 Å². The van der Waals surface area contributed by atoms with Gasteiger partial charge in [-0.25, -0.2) is 4.98 Å². The van der Waals surface area contributed by atoms with Crippen LogP contribution in [0, 0.1) is 0 Å². The minimum atomic E-state index is 0.902. The molecule has 0 atom stereocenters. The lowest BCUT2D eigenvalue weighted by molar-refractivity contribution is 0.708. The molecule has 0 bridgehead atoms. The molecular formula is C12H17N5. The van der Waals surface area contributed by atoms with Crippen LogP contribution in [0.1, 0.15) is 18.2 Å². The minimum Gasteiger partial charge on any atom is -0.370 e. The molecule has 0 aliphatic carbocycles. The molecule has 0 fully saturated rings. The third-order valence-corrected chi connectivity index (χ3v) is 3.15. The summed E-state index contributed by atoms with van der Waals surface area (Å²) in [6.07, 6.45) is 3.82. The van der Waals surface area contributed by atoms with Gasteiger partial charge in [0.15, 0.2) is 5.65 Å². The summed E-state index contributed by atoms with van der Waals surface area (Å²) in [5.74, 6) is 1.11. The molecule has 0 unspecified atom stereocenters. The highest BCUT2D eigenvalue weighted by Gasteiger charge is 2.16. The second-order valence-corrected chi connectivity index (χ2v) is 4.27. The first-order chi connectivity index (χ1) is 8.40. The summed E-state index contributed by atoms with van der Waals surface area (Å²) in [5.41, 5.74) is 3.45. The monoisotopic (exact) mass is 231 g/mol. The van der Waals surface area contributed by atoms with E-state index in [9.17, 15) is 0 Å². The Balaban J connectivity index is 2.22. The van der Waals surface area contributed by atoms with Crippen LogP contribution in [0.5, 0.6) is 0 Å². The third kappa shape index (κ3) is 1.76. The molecule has 0 spiro atoms. The summed E-state index contributed by atoms with van der Waals surface area (Å²) in [7, 11) is 0. The maximum absolute atomic E-state index is 4.70. The van der Waals surface area contributed by atoms with Gasteiger partial charge in [0, 0.05) is 31.1 Å². The van der Waals surface area contributed by atoms with Crippen molar-refractivity contribution < 1.29 is 0 Å². The van der Waals surface area contributed by atoms with Crippen LogP contribution in [0.15, 0.2) is 12.3 Å². The molecule has 0 saturated heterocycles. The van der Waals surface area contributed by atoms with Crippen molar-refractivity contribution in [1.29, 1.82) is 0 Å². The molecule has 2 N–H and O–H groups in total. The first-order valence-electron chi connectivity index (χ1n) is 6.20. The Kier molecular flexibility index (Phi) is 2.68. The van der Waals surface area contributed by atoms with Crippen LogP contribution in [0.4, 0.5) is 5.82 Å². The second-order valence-electron chi connectivity index (χ2n) is 4.27. The highest BCUT2D eigenvalue weighted by Crippen LogP contribution is 2.22. The zero-order valence-electron chi connectivity index (χ0n) is 10.0. The molecule has 0 amide bonds. The van der Waals surface area contributed by atoms with Gasteiger partial charge in [-0.3, -0.25) is 0 Å². The Morgan fingerprint density at radius 3 is 3.18 bits per heavy atom. The number of anilines is 1. The molecular weight excluding hydrogens is 214 g/mol. The maximum atomic E-state index is 4.70. The molecule has 2 aromatic heterocycles. The number of fused-ring (bicyclic) bond motifs is 2. The predicted molar refractivity (Wildman–Crippen MR) is 67.4 cm³/mol. The summed E-state index contributed by atoms with van der Waals surface area (Å²) in [5, 5.41) is 11.2. The molecule has 1 aliphatic heterocycles. The summed E-state index contributed by atoms with van der Waals surface area (Å²) < 4.78 is 1.91. The molecule has 0 aromatic carbocycles. The van der Waals surface area contributed by atoms with Crippen molar-refractivity contribution in [2.24, 2.45) is 0 Å². The average molecular weight is 231 g/mol. The molecule has 90 valence electrons. The third-order valence-electron chi connectivity index (χ3n) is 3.15. The average Bonchev–Trinajstić information content (AvgIpc) is 2.66. The Morgan fingerprint density at radius 2 is 2.29 bits per heavy atom. The van der Waals surface area contributed by atoms with Gasteiger partial charge in [0.1, 0.15) is 5.82 Å². The van der Waals surface area contributed by atoms with Gasteiger partial charge in [0.05, 0.1) is 11.9 Å². The number of nitrogens with one attached hydrogen (secondary N) is 2. The van der Waals surface area contributed by atoms with Crippen molar-refractivity contribution in [3.63, 3.8) is 0 Å². The van der Waals surface area contributed by atoms with Crippen molar-refractivity contribution >= 4 is 11.5 Å². The Morgan fingerprint density at radius 1 is 1.41 bits per heavy atom. The van der Waals surface area contributed by atoms with Crippen LogP contribution in [-0.2, 0) is 12.8 Å². The van der Waals surface area contributed by atoms with Gasteiger partial charge in [-0.2, -0.15) is 9.61 Å². The van der Waals surface area contributed by atoms with Gasteiger partial charge >= 0.3 is 0 Å². The van der Waals surface area contributed by atoms with Gasteiger partial charge in [-0.1, -0.05) is 0 Å². The predicted octanol–water partition coefficient (Wildman–Crippen LogP) is 0.849. The summed E-state index contributed by atoms with van der Waals surface area (Å²) in [6.45, 7) is 5.03. The minimum absolute atomic E-state index is 0.902. The van der Waals surface area contributed by atoms with Crippen molar-refractivity contribution in [2.75, 3.05) is 25.0 Å². The van der Waals surface area contributed by atoms with Crippen LogP contribution in [0.25, 0.3) is 5.65 Å². The van der Waals surface area contributed by atoms with E-state index in [0.29, 0.717) is 0 Å². The topological polar surface area (TPSA) is 54.2 Å². The van der Waals surface area contributed by atoms with Crippen LogP contribution >= 0.6 is 0 Å². The number of hydrogen-bond acceptors (Lipinski definition) is 4. The van der Waals surface area contributed by atoms with E-state index in [0.717, 1.165) is 43.9 Å². The fourth-order valence-corrected chi connectivity index (χ4v) is 2.39. The molecule has 3 heterocycles. The Labute approximate surface area is 100 Å². The SMILES string of the molecule is CCNc1c2c(nc3ccnn13)CCNCC2. The number of hydrogen-bond donors (Lipinski definition) is 2. The lowest BCUT2D eigenvalue weighted by atomic mass is 10.1. The molecule has 5 heteroatoms. The Hall–Kier alpha value is -1.62. The zero-order valence-corrected chi connectivity index (χ0v) is 10.0. The van der Waals surface area contributed by atoms with Crippen LogP contribution in [-0.4, -0.2) is 34.2 Å². The number of nitrogens with zero attached hydrogens (tertiary/aromatic N) is 3. The van der Waals surface area contributed by atoms with E-state index < -0.39 is 0 Å². The quantitative estimate of drug-likeness (QED) is 0.804. The lowest BCUT2D eigenvalue weighted by Gasteiger charge is -2.14. The van der Waals surface area contributed by atoms with E-state index >= 15 is 0 Å². The highest BCUT2D eigenvalue weighted by atomic mass is 15.3. The van der Waals surface area contributed by atoms with Crippen molar-refractivity contribution in [3.8, 4) is 0 Å². The second kappa shape index (κ2) is 4.33. The summed E-state index contributed by atoms with van der Waals surface area (Å²) in [4.78, 5) is 4.70. The van der Waals surface area contributed by atoms with Crippen molar-refractivity contribution in [3.05, 3.63) is 23.5 Å². The van der Waals surface area contributed by atoms with E-state index in [1.807, 2.05) is 10.6 Å². The standard InChI is InChI=1S/C12H17N5/c1-2-14-12-9-3-6-13-7-4-10(9)16-11-5-8-15-17(11)12/h5,8,13-14H,2-4,6-7H2,1H3. The largest absolute Gasteiger partial charge is 0.370 e. The van der Waals surface area contributed by atoms with E-state index in [4.69, 9.17) is 4.98 Å². The first kappa shape index (κ1) is 10.5. The van der Waals surface area contributed by atoms with Crippen molar-refractivity contribution in [2.45, 2.75) is 19.8 Å². The highest BCUT2D eigenvalue weighted by molar-refractivity contribution is 5.55. The van der Waals surface area contributed by atoms with Gasteiger partial charge in [0.2, 0.25) is 0 Å². The molecule has 0 radical (unpaired) electrons. The van der Waals surface area contributed by atoms with Crippen molar-refractivity contribution in [1.82, 2.24) is 19.9 Å². The summed E-state index contributed by atoms with van der Waals surface area (Å²) in [6, 6.07) is 1.96. The maximum Gasteiger partial charge on any atom is 0.157 e. The van der Waals surface area contributed by atoms with Gasteiger partial charge < -0.3 is 10.6 Å². The van der Waals surface area contributed by atoms with Gasteiger partial charge in [-0.05, 0) is 19.9 Å². The van der Waals surface area contributed by atoms with Gasteiger partial charge in [-0.15, -0.1) is 0 Å².